The van der Waals surface area contributed by atoms with Gasteiger partial charge in [-0.05, 0) is 33.6 Å². The number of nitrogens with two attached hydrogens (primary N) is 1. The SMILES string of the molecule is NS(=O)(=O)c1ccc(CNC(=O)c2cnc(Br)cn2)cc1. The molecule has 0 aliphatic carbocycles. The van der Waals surface area contributed by atoms with E-state index in [2.05, 4.69) is 31.2 Å². The van der Waals surface area contributed by atoms with Gasteiger partial charge in [-0.2, -0.15) is 0 Å². The molecule has 9 heteroatoms. The topological polar surface area (TPSA) is 115 Å². The van der Waals surface area contributed by atoms with Crippen molar-refractivity contribution in [1.82, 2.24) is 15.3 Å². The number of aromatic nitrogens is 2. The Balaban J connectivity index is 2.00. The van der Waals surface area contributed by atoms with Crippen molar-refractivity contribution in [3.05, 3.63) is 52.5 Å². The highest BCUT2D eigenvalue weighted by Crippen LogP contribution is 2.09. The standard InChI is InChI=1S/C12H11BrN4O3S/c13-11-7-15-10(6-16-11)12(18)17-5-8-1-3-9(4-2-8)21(14,19)20/h1-4,6-7H,5H2,(H,17,18)(H2,14,19,20). The zero-order valence-electron chi connectivity index (χ0n) is 10.7. The Hall–Kier alpha value is -1.84. The maximum absolute atomic E-state index is 11.8. The van der Waals surface area contributed by atoms with Gasteiger partial charge in [0.05, 0.1) is 17.3 Å². The third-order valence-corrected chi connectivity index (χ3v) is 3.90. The number of halogens is 1. The molecule has 0 fully saturated rings. The fraction of sp³-hybridized carbons (Fsp3) is 0.0833. The molecule has 0 unspecified atom stereocenters. The first-order valence-electron chi connectivity index (χ1n) is 5.74. The molecular weight excluding hydrogens is 360 g/mol. The van der Waals surface area contributed by atoms with Crippen molar-refractivity contribution in [2.75, 3.05) is 0 Å². The average Bonchev–Trinajstić information content (AvgIpc) is 2.45. The second-order valence-corrected chi connectivity index (χ2v) is 6.47. The van der Waals surface area contributed by atoms with Crippen LogP contribution in [-0.4, -0.2) is 24.3 Å². The molecule has 0 aliphatic rings. The summed E-state index contributed by atoms with van der Waals surface area (Å²) in [5.74, 6) is -0.370. The number of benzene rings is 1. The minimum absolute atomic E-state index is 0.0244. The minimum atomic E-state index is -3.71. The largest absolute Gasteiger partial charge is 0.347 e. The van der Waals surface area contributed by atoms with Gasteiger partial charge in [-0.25, -0.2) is 23.5 Å². The predicted molar refractivity (Wildman–Crippen MR) is 78.7 cm³/mol. The molecule has 0 saturated heterocycles. The normalized spacial score (nSPS) is 11.1. The van der Waals surface area contributed by atoms with Crippen LogP contribution in [0, 0.1) is 0 Å². The van der Waals surface area contributed by atoms with E-state index in [1.165, 1.54) is 24.5 Å². The van der Waals surface area contributed by atoms with Crippen LogP contribution in [0.5, 0.6) is 0 Å². The van der Waals surface area contributed by atoms with Crippen molar-refractivity contribution in [3.8, 4) is 0 Å². The van der Waals surface area contributed by atoms with Gasteiger partial charge in [-0.3, -0.25) is 4.79 Å². The molecule has 0 saturated carbocycles. The lowest BCUT2D eigenvalue weighted by atomic mass is 10.2. The third-order valence-electron chi connectivity index (χ3n) is 2.56. The molecule has 110 valence electrons. The number of amides is 1. The van der Waals surface area contributed by atoms with Crippen LogP contribution in [0.25, 0.3) is 0 Å². The van der Waals surface area contributed by atoms with Crippen LogP contribution in [-0.2, 0) is 16.6 Å². The van der Waals surface area contributed by atoms with Gasteiger partial charge in [0, 0.05) is 6.54 Å². The Morgan fingerprint density at radius 1 is 1.19 bits per heavy atom. The highest BCUT2D eigenvalue weighted by atomic mass is 79.9. The summed E-state index contributed by atoms with van der Waals surface area (Å²) >= 11 is 3.13. The highest BCUT2D eigenvalue weighted by Gasteiger charge is 2.09. The second kappa shape index (κ2) is 6.29. The van der Waals surface area contributed by atoms with E-state index in [-0.39, 0.29) is 23.0 Å². The molecule has 1 amide bonds. The summed E-state index contributed by atoms with van der Waals surface area (Å²) in [5, 5.41) is 7.66. The number of carbonyl (C=O) groups is 1. The van der Waals surface area contributed by atoms with Crippen molar-refractivity contribution in [1.29, 1.82) is 0 Å². The van der Waals surface area contributed by atoms with E-state index in [0.29, 0.717) is 4.60 Å². The lowest BCUT2D eigenvalue weighted by molar-refractivity contribution is 0.0945. The van der Waals surface area contributed by atoms with Gasteiger partial charge >= 0.3 is 0 Å². The van der Waals surface area contributed by atoms with E-state index in [1.54, 1.807) is 12.1 Å². The number of rotatable bonds is 4. The first-order valence-corrected chi connectivity index (χ1v) is 8.08. The number of sulfonamides is 1. The Morgan fingerprint density at radius 3 is 2.38 bits per heavy atom. The van der Waals surface area contributed by atoms with E-state index in [4.69, 9.17) is 5.14 Å². The van der Waals surface area contributed by atoms with Crippen molar-refractivity contribution in [2.45, 2.75) is 11.4 Å². The molecule has 7 nitrogen and oxygen atoms in total. The third kappa shape index (κ3) is 4.31. The molecule has 21 heavy (non-hydrogen) atoms. The van der Waals surface area contributed by atoms with Gasteiger partial charge in [0.2, 0.25) is 10.0 Å². The van der Waals surface area contributed by atoms with E-state index < -0.39 is 10.0 Å². The number of nitrogens with zero attached hydrogens (tertiary/aromatic N) is 2. The van der Waals surface area contributed by atoms with E-state index in [9.17, 15) is 13.2 Å². The molecule has 0 aliphatic heterocycles. The average molecular weight is 371 g/mol. The Kier molecular flexibility index (Phi) is 4.66. The van der Waals surface area contributed by atoms with Gasteiger partial charge in [0.15, 0.2) is 0 Å². The van der Waals surface area contributed by atoms with Crippen LogP contribution in [0.1, 0.15) is 16.1 Å². The van der Waals surface area contributed by atoms with E-state index in [0.717, 1.165) is 5.56 Å². The molecule has 2 rings (SSSR count). The zero-order chi connectivity index (χ0) is 15.5. The number of hydrogen-bond acceptors (Lipinski definition) is 5. The number of hydrogen-bond donors (Lipinski definition) is 2. The van der Waals surface area contributed by atoms with Crippen LogP contribution < -0.4 is 10.5 Å². The molecule has 3 N–H and O–H groups in total. The van der Waals surface area contributed by atoms with Crippen molar-refractivity contribution >= 4 is 31.9 Å². The van der Waals surface area contributed by atoms with E-state index >= 15 is 0 Å². The van der Waals surface area contributed by atoms with Crippen LogP contribution in [0.15, 0.2) is 46.2 Å². The van der Waals surface area contributed by atoms with Gasteiger partial charge in [-0.15, -0.1) is 0 Å². The lowest BCUT2D eigenvalue weighted by Gasteiger charge is -2.05. The minimum Gasteiger partial charge on any atom is -0.347 e. The maximum Gasteiger partial charge on any atom is 0.271 e. The molecule has 0 radical (unpaired) electrons. The number of nitrogens with one attached hydrogen (secondary N) is 1. The van der Waals surface area contributed by atoms with Crippen molar-refractivity contribution in [3.63, 3.8) is 0 Å². The quantitative estimate of drug-likeness (QED) is 0.826. The van der Waals surface area contributed by atoms with Crippen molar-refractivity contribution < 1.29 is 13.2 Å². The summed E-state index contributed by atoms with van der Waals surface area (Å²) in [4.78, 5) is 19.7. The molecule has 0 bridgehead atoms. The van der Waals surface area contributed by atoms with Crippen LogP contribution in [0.3, 0.4) is 0 Å². The molecule has 2 aromatic rings. The highest BCUT2D eigenvalue weighted by molar-refractivity contribution is 9.10. The van der Waals surface area contributed by atoms with Gasteiger partial charge < -0.3 is 5.32 Å². The molecule has 1 aromatic carbocycles. The van der Waals surface area contributed by atoms with Crippen LogP contribution >= 0.6 is 15.9 Å². The molecule has 0 atom stereocenters. The summed E-state index contributed by atoms with van der Waals surface area (Å²) < 4.78 is 22.8. The van der Waals surface area contributed by atoms with Crippen LogP contribution in [0.4, 0.5) is 0 Å². The summed E-state index contributed by atoms with van der Waals surface area (Å²) in [5.41, 5.74) is 0.931. The number of primary sulfonamides is 1. The monoisotopic (exact) mass is 370 g/mol. The molecule has 1 heterocycles. The molecule has 1 aromatic heterocycles. The Bertz CT molecular complexity index is 745. The van der Waals surface area contributed by atoms with Crippen LogP contribution in [0.2, 0.25) is 0 Å². The maximum atomic E-state index is 11.8. The first-order chi connectivity index (χ1) is 9.86. The predicted octanol–water partition coefficient (Wildman–Crippen LogP) is 0.816. The Morgan fingerprint density at radius 2 is 1.86 bits per heavy atom. The summed E-state index contributed by atoms with van der Waals surface area (Å²) in [6, 6.07) is 5.92. The van der Waals surface area contributed by atoms with E-state index in [1.807, 2.05) is 0 Å². The fourth-order valence-corrected chi connectivity index (χ4v) is 2.22. The van der Waals surface area contributed by atoms with Gasteiger partial charge in [0.1, 0.15) is 10.3 Å². The van der Waals surface area contributed by atoms with Crippen molar-refractivity contribution in [2.24, 2.45) is 5.14 Å². The summed E-state index contributed by atoms with van der Waals surface area (Å²) in [6.45, 7) is 0.238. The molecule has 0 spiro atoms. The summed E-state index contributed by atoms with van der Waals surface area (Å²) in [7, 11) is -3.71. The smallest absolute Gasteiger partial charge is 0.271 e. The fourth-order valence-electron chi connectivity index (χ4n) is 1.50. The first kappa shape index (κ1) is 15.5. The van der Waals surface area contributed by atoms with Gasteiger partial charge in [0.25, 0.3) is 5.91 Å². The molecular formula is C12H11BrN4O3S. The summed E-state index contributed by atoms with van der Waals surface area (Å²) in [6.07, 6.45) is 2.78. The number of carbonyl (C=O) groups excluding carboxylic acids is 1. The van der Waals surface area contributed by atoms with Gasteiger partial charge in [-0.1, -0.05) is 12.1 Å². The second-order valence-electron chi connectivity index (χ2n) is 4.10. The Labute approximate surface area is 129 Å². The lowest BCUT2D eigenvalue weighted by Crippen LogP contribution is -2.24. The zero-order valence-corrected chi connectivity index (χ0v) is 13.1.